The SMILES string of the molecule is CCCCCCCCCCCCCCCCOP(=O)(O)OCC[N+](C)(C)c1ccccc1. The summed E-state index contributed by atoms with van der Waals surface area (Å²) in [6.07, 6.45) is 18.0. The molecule has 1 aromatic rings. The lowest BCUT2D eigenvalue weighted by Gasteiger charge is -2.29. The van der Waals surface area contributed by atoms with Crippen LogP contribution in [0.4, 0.5) is 5.69 Å². The molecule has 0 saturated heterocycles. The number of benzene rings is 1. The van der Waals surface area contributed by atoms with Gasteiger partial charge in [-0.05, 0) is 18.6 Å². The van der Waals surface area contributed by atoms with Gasteiger partial charge in [-0.15, -0.1) is 0 Å². The summed E-state index contributed by atoms with van der Waals surface area (Å²) >= 11 is 0. The average molecular weight is 471 g/mol. The van der Waals surface area contributed by atoms with E-state index in [1.165, 1.54) is 77.0 Å². The van der Waals surface area contributed by atoms with E-state index in [4.69, 9.17) is 9.05 Å². The van der Waals surface area contributed by atoms with Gasteiger partial charge in [-0.2, -0.15) is 0 Å². The van der Waals surface area contributed by atoms with Gasteiger partial charge in [0, 0.05) is 0 Å². The molecule has 1 atom stereocenters. The molecule has 0 radical (unpaired) electrons. The Labute approximate surface area is 197 Å². The van der Waals surface area contributed by atoms with E-state index in [2.05, 4.69) is 21.0 Å². The molecule has 186 valence electrons. The van der Waals surface area contributed by atoms with Crippen LogP contribution in [0.1, 0.15) is 96.8 Å². The van der Waals surface area contributed by atoms with Crippen molar-refractivity contribution in [3.8, 4) is 0 Å². The molecule has 0 amide bonds. The number of phosphoric ester groups is 1. The lowest BCUT2D eigenvalue weighted by molar-refractivity contribution is 0.139. The number of unbranched alkanes of at least 4 members (excludes halogenated alkanes) is 13. The summed E-state index contributed by atoms with van der Waals surface area (Å²) in [6, 6.07) is 10.1. The van der Waals surface area contributed by atoms with Crippen LogP contribution in [-0.4, -0.2) is 38.7 Å². The molecule has 0 aliphatic carbocycles. The van der Waals surface area contributed by atoms with Gasteiger partial charge in [0.2, 0.25) is 0 Å². The van der Waals surface area contributed by atoms with Crippen LogP contribution in [0.25, 0.3) is 0 Å². The molecule has 1 N–H and O–H groups in total. The van der Waals surface area contributed by atoms with E-state index in [-0.39, 0.29) is 13.2 Å². The van der Waals surface area contributed by atoms with Crippen molar-refractivity contribution in [2.24, 2.45) is 0 Å². The standard InChI is InChI=1S/C26H48NO4P/c1-4-5-6-7-8-9-10-11-12-13-14-15-16-20-24-30-32(28,29)31-25-23-27(2,3)26-21-18-17-19-22-26/h17-19,21-22H,4-16,20,23-25H2,1-3H3/p+1. The van der Waals surface area contributed by atoms with E-state index < -0.39 is 7.82 Å². The molecule has 0 bridgehead atoms. The molecule has 0 heterocycles. The zero-order valence-electron chi connectivity index (χ0n) is 21.0. The minimum Gasteiger partial charge on any atom is -0.302 e. The van der Waals surface area contributed by atoms with E-state index in [0.717, 1.165) is 18.5 Å². The quantitative estimate of drug-likeness (QED) is 0.113. The van der Waals surface area contributed by atoms with E-state index in [9.17, 15) is 9.46 Å². The molecule has 5 nitrogen and oxygen atoms in total. The summed E-state index contributed by atoms with van der Waals surface area (Å²) in [4.78, 5) is 9.89. The molecule has 1 rings (SSSR count). The number of hydrogen-bond acceptors (Lipinski definition) is 3. The minimum absolute atomic E-state index is 0.175. The molecule has 0 fully saturated rings. The maximum atomic E-state index is 12.1. The van der Waals surface area contributed by atoms with Crippen molar-refractivity contribution in [2.45, 2.75) is 96.8 Å². The summed E-state index contributed by atoms with van der Waals surface area (Å²) in [5.74, 6) is 0. The first-order chi connectivity index (χ1) is 15.4. The molecule has 0 aromatic heterocycles. The first kappa shape index (κ1) is 29.3. The minimum atomic E-state index is -3.97. The molecule has 32 heavy (non-hydrogen) atoms. The van der Waals surface area contributed by atoms with Gasteiger partial charge < -0.3 is 4.89 Å². The van der Waals surface area contributed by atoms with Crippen molar-refractivity contribution in [1.29, 1.82) is 0 Å². The highest BCUT2D eigenvalue weighted by Crippen LogP contribution is 2.43. The van der Waals surface area contributed by atoms with E-state index in [1.807, 2.05) is 30.3 Å². The molecule has 0 aliphatic rings. The smallest absolute Gasteiger partial charge is 0.302 e. The van der Waals surface area contributed by atoms with Gasteiger partial charge in [0.15, 0.2) is 0 Å². The van der Waals surface area contributed by atoms with Gasteiger partial charge in [0.1, 0.15) is 18.8 Å². The Morgan fingerprint density at radius 1 is 0.719 bits per heavy atom. The van der Waals surface area contributed by atoms with Crippen LogP contribution in [0.15, 0.2) is 30.3 Å². The molecule has 6 heteroatoms. The Kier molecular flexibility index (Phi) is 16.2. The van der Waals surface area contributed by atoms with Crippen molar-refractivity contribution in [3.63, 3.8) is 0 Å². The lowest BCUT2D eigenvalue weighted by atomic mass is 10.0. The number of likely N-dealkylation sites (N-methyl/N-ethyl adjacent to an activating group) is 1. The van der Waals surface area contributed by atoms with Crippen molar-refractivity contribution >= 4 is 13.5 Å². The maximum Gasteiger partial charge on any atom is 0.472 e. The van der Waals surface area contributed by atoms with Crippen molar-refractivity contribution in [1.82, 2.24) is 4.48 Å². The zero-order chi connectivity index (χ0) is 23.5. The van der Waals surface area contributed by atoms with Gasteiger partial charge in [-0.25, -0.2) is 4.57 Å². The first-order valence-electron chi connectivity index (χ1n) is 12.9. The molecular formula is C26H49NO4P+. The highest BCUT2D eigenvalue weighted by atomic mass is 31.2. The fraction of sp³-hybridized carbons (Fsp3) is 0.769. The van der Waals surface area contributed by atoms with Crippen LogP contribution >= 0.6 is 7.82 Å². The van der Waals surface area contributed by atoms with Gasteiger partial charge in [0.25, 0.3) is 0 Å². The molecule has 0 saturated carbocycles. The molecule has 0 aliphatic heterocycles. The van der Waals surface area contributed by atoms with Crippen LogP contribution in [0.2, 0.25) is 0 Å². The highest BCUT2D eigenvalue weighted by Gasteiger charge is 2.24. The number of para-hydroxylation sites is 1. The van der Waals surface area contributed by atoms with Crippen LogP contribution in [0, 0.1) is 0 Å². The number of phosphoric acid groups is 1. The summed E-state index contributed by atoms with van der Waals surface area (Å²) < 4.78 is 23.0. The second-order valence-electron chi connectivity index (χ2n) is 9.48. The van der Waals surface area contributed by atoms with E-state index in [0.29, 0.717) is 11.0 Å². The second-order valence-corrected chi connectivity index (χ2v) is 10.9. The third kappa shape index (κ3) is 15.2. The van der Waals surface area contributed by atoms with E-state index in [1.54, 1.807) is 0 Å². The van der Waals surface area contributed by atoms with Crippen molar-refractivity contribution in [2.75, 3.05) is 33.9 Å². The highest BCUT2D eigenvalue weighted by molar-refractivity contribution is 7.47. The maximum absolute atomic E-state index is 12.1. The van der Waals surface area contributed by atoms with Gasteiger partial charge in [-0.1, -0.05) is 109 Å². The Morgan fingerprint density at radius 3 is 1.66 bits per heavy atom. The Hall–Kier alpha value is -0.710. The normalized spacial score (nSPS) is 13.9. The van der Waals surface area contributed by atoms with Crippen LogP contribution in [0.5, 0.6) is 0 Å². The van der Waals surface area contributed by atoms with Gasteiger partial charge >= 0.3 is 7.82 Å². The summed E-state index contributed by atoms with van der Waals surface area (Å²) in [5, 5.41) is 0. The Balaban J connectivity index is 1.95. The predicted molar refractivity (Wildman–Crippen MR) is 137 cm³/mol. The van der Waals surface area contributed by atoms with Gasteiger partial charge in [-0.3, -0.25) is 13.5 Å². The molecular weight excluding hydrogens is 421 g/mol. The van der Waals surface area contributed by atoms with Crippen LogP contribution in [0.3, 0.4) is 0 Å². The van der Waals surface area contributed by atoms with Crippen molar-refractivity contribution < 1.29 is 18.5 Å². The third-order valence-corrected chi connectivity index (χ3v) is 7.13. The predicted octanol–water partition coefficient (Wildman–Crippen LogP) is 7.87. The molecule has 1 aromatic carbocycles. The fourth-order valence-corrected chi connectivity index (χ4v) is 4.61. The monoisotopic (exact) mass is 470 g/mol. The zero-order valence-corrected chi connectivity index (χ0v) is 21.9. The largest absolute Gasteiger partial charge is 0.472 e. The second kappa shape index (κ2) is 17.7. The van der Waals surface area contributed by atoms with Crippen LogP contribution < -0.4 is 4.48 Å². The summed E-state index contributed by atoms with van der Waals surface area (Å²) in [5.41, 5.74) is 1.13. The lowest BCUT2D eigenvalue weighted by Crippen LogP contribution is -2.43. The number of hydrogen-bond donors (Lipinski definition) is 1. The van der Waals surface area contributed by atoms with Crippen LogP contribution in [-0.2, 0) is 13.6 Å². The topological polar surface area (TPSA) is 55.8 Å². The summed E-state index contributed by atoms with van der Waals surface area (Å²) in [6.45, 7) is 3.32. The van der Waals surface area contributed by atoms with E-state index >= 15 is 0 Å². The molecule has 1 unspecified atom stereocenters. The number of quaternary nitrogens is 1. The first-order valence-corrected chi connectivity index (χ1v) is 14.4. The summed E-state index contributed by atoms with van der Waals surface area (Å²) in [7, 11) is 0.138. The van der Waals surface area contributed by atoms with Crippen molar-refractivity contribution in [3.05, 3.63) is 30.3 Å². The number of nitrogens with zero attached hydrogens (tertiary/aromatic N) is 1. The molecule has 0 spiro atoms. The van der Waals surface area contributed by atoms with Gasteiger partial charge in [0.05, 0.1) is 20.7 Å². The third-order valence-electron chi connectivity index (χ3n) is 6.11. The number of rotatable bonds is 21. The fourth-order valence-electron chi connectivity index (χ4n) is 3.86. The Bertz CT molecular complexity index is 609. The Morgan fingerprint density at radius 2 is 1.16 bits per heavy atom. The average Bonchev–Trinajstić information content (AvgIpc) is 2.76.